The lowest BCUT2D eigenvalue weighted by Gasteiger charge is -2.11. The number of nitrogens with one attached hydrogen (secondary N) is 1. The van der Waals surface area contributed by atoms with Crippen LogP contribution in [0.25, 0.3) is 16.3 Å². The van der Waals surface area contributed by atoms with Crippen molar-refractivity contribution in [2.24, 2.45) is 0 Å². The van der Waals surface area contributed by atoms with Crippen LogP contribution in [0.3, 0.4) is 0 Å². The van der Waals surface area contributed by atoms with Crippen LogP contribution in [-0.2, 0) is 20.9 Å². The lowest BCUT2D eigenvalue weighted by atomic mass is 10.3. The lowest BCUT2D eigenvalue weighted by molar-refractivity contribution is -0.150. The van der Waals surface area contributed by atoms with Crippen LogP contribution in [-0.4, -0.2) is 23.0 Å². The van der Waals surface area contributed by atoms with E-state index >= 15 is 0 Å². The van der Waals surface area contributed by atoms with Gasteiger partial charge in [0, 0.05) is 6.08 Å². The minimum absolute atomic E-state index is 0.245. The van der Waals surface area contributed by atoms with Crippen molar-refractivity contribution >= 4 is 39.5 Å². The topological polar surface area (TPSA) is 81.4 Å². The zero-order valence-electron chi connectivity index (χ0n) is 13.5. The first-order valence-electron chi connectivity index (χ1n) is 7.66. The van der Waals surface area contributed by atoms with Gasteiger partial charge in [-0.25, -0.2) is 9.78 Å². The first-order chi connectivity index (χ1) is 12.1. The Balaban J connectivity index is 1.51. The Kier molecular flexibility index (Phi) is 5.25. The minimum atomic E-state index is -0.900. The molecule has 0 aliphatic carbocycles. The van der Waals surface area contributed by atoms with Crippen molar-refractivity contribution in [3.8, 4) is 0 Å². The van der Waals surface area contributed by atoms with Crippen molar-refractivity contribution in [3.63, 3.8) is 0 Å². The van der Waals surface area contributed by atoms with Crippen LogP contribution in [0.5, 0.6) is 0 Å². The van der Waals surface area contributed by atoms with E-state index in [0.29, 0.717) is 10.8 Å². The molecular weight excluding hydrogens is 340 g/mol. The molecule has 25 heavy (non-hydrogen) atoms. The molecule has 0 bridgehead atoms. The van der Waals surface area contributed by atoms with E-state index in [1.165, 1.54) is 30.6 Å². The second kappa shape index (κ2) is 7.76. The van der Waals surface area contributed by atoms with E-state index in [2.05, 4.69) is 10.3 Å². The summed E-state index contributed by atoms with van der Waals surface area (Å²) >= 11 is 1.48. The summed E-state index contributed by atoms with van der Waals surface area (Å²) in [5, 5.41) is 3.34. The molecule has 3 aromatic rings. The molecule has 7 heteroatoms. The summed E-state index contributed by atoms with van der Waals surface area (Å²) in [7, 11) is 0. The van der Waals surface area contributed by atoms with Gasteiger partial charge in [0.25, 0.3) is 5.91 Å². The fourth-order valence-electron chi connectivity index (χ4n) is 2.10. The van der Waals surface area contributed by atoms with E-state index in [1.807, 2.05) is 24.3 Å². The Hall–Kier alpha value is -2.93. The van der Waals surface area contributed by atoms with Crippen LogP contribution in [0.1, 0.15) is 17.7 Å². The number of ether oxygens (including phenoxy) is 1. The molecule has 0 unspecified atom stereocenters. The molecule has 2 aromatic heterocycles. The standard InChI is InChI=1S/C18H16N2O4S/c1-12(18(22)19-11-13-5-4-10-23-13)24-17(21)9-8-16-20-14-6-2-3-7-15(14)25-16/h2-10,12H,11H2,1H3,(H,19,22)/b9-8+/t12-/m0/s1. The van der Waals surface area contributed by atoms with Gasteiger partial charge >= 0.3 is 5.97 Å². The molecule has 0 saturated heterocycles. The summed E-state index contributed by atoms with van der Waals surface area (Å²) < 4.78 is 11.2. The third-order valence-corrected chi connectivity index (χ3v) is 4.35. The smallest absolute Gasteiger partial charge is 0.331 e. The highest BCUT2D eigenvalue weighted by molar-refractivity contribution is 7.19. The lowest BCUT2D eigenvalue weighted by Crippen LogP contribution is -2.35. The normalized spacial score (nSPS) is 12.4. The zero-order chi connectivity index (χ0) is 17.6. The Bertz CT molecular complexity index is 866. The molecule has 0 spiro atoms. The number of aromatic nitrogens is 1. The summed E-state index contributed by atoms with van der Waals surface area (Å²) in [6, 6.07) is 11.2. The van der Waals surface area contributed by atoms with Gasteiger partial charge < -0.3 is 14.5 Å². The quantitative estimate of drug-likeness (QED) is 0.542. The molecule has 6 nitrogen and oxygen atoms in total. The average Bonchev–Trinajstić information content (AvgIpc) is 3.26. The fraction of sp³-hybridized carbons (Fsp3) is 0.167. The van der Waals surface area contributed by atoms with E-state index in [0.717, 1.165) is 10.2 Å². The van der Waals surface area contributed by atoms with Gasteiger partial charge in [-0.2, -0.15) is 0 Å². The highest BCUT2D eigenvalue weighted by atomic mass is 32.1. The molecule has 128 valence electrons. The summed E-state index contributed by atoms with van der Waals surface area (Å²) in [4.78, 5) is 28.1. The summed E-state index contributed by atoms with van der Waals surface area (Å²) in [6.07, 6.45) is 3.48. The largest absolute Gasteiger partial charge is 0.467 e. The number of benzene rings is 1. The van der Waals surface area contributed by atoms with Crippen molar-refractivity contribution in [3.05, 3.63) is 59.5 Å². The second-order valence-electron chi connectivity index (χ2n) is 5.23. The molecule has 0 radical (unpaired) electrons. The number of furan rings is 1. The molecule has 1 amide bonds. The first-order valence-corrected chi connectivity index (χ1v) is 8.48. The van der Waals surface area contributed by atoms with Crippen LogP contribution in [0, 0.1) is 0 Å². The highest BCUT2D eigenvalue weighted by Crippen LogP contribution is 2.22. The number of nitrogens with zero attached hydrogens (tertiary/aromatic N) is 1. The van der Waals surface area contributed by atoms with Crippen molar-refractivity contribution < 1.29 is 18.7 Å². The predicted molar refractivity (Wildman–Crippen MR) is 94.8 cm³/mol. The number of esters is 1. The van der Waals surface area contributed by atoms with Gasteiger partial charge in [-0.05, 0) is 37.3 Å². The molecule has 1 atom stereocenters. The second-order valence-corrected chi connectivity index (χ2v) is 6.29. The third-order valence-electron chi connectivity index (χ3n) is 3.35. The first kappa shape index (κ1) is 16.9. The maximum atomic E-state index is 11.9. The molecule has 0 fully saturated rings. The van der Waals surface area contributed by atoms with E-state index < -0.39 is 18.0 Å². The van der Waals surface area contributed by atoms with Crippen LogP contribution in [0.4, 0.5) is 0 Å². The van der Waals surface area contributed by atoms with Crippen molar-refractivity contribution in [1.29, 1.82) is 0 Å². The Labute approximate surface area is 148 Å². The van der Waals surface area contributed by atoms with Crippen LogP contribution in [0.15, 0.2) is 53.2 Å². The number of hydrogen-bond acceptors (Lipinski definition) is 6. The van der Waals surface area contributed by atoms with Gasteiger partial charge in [-0.15, -0.1) is 11.3 Å². The van der Waals surface area contributed by atoms with E-state index in [1.54, 1.807) is 18.2 Å². The van der Waals surface area contributed by atoms with Crippen LogP contribution in [0.2, 0.25) is 0 Å². The number of amides is 1. The maximum absolute atomic E-state index is 11.9. The van der Waals surface area contributed by atoms with Crippen molar-refractivity contribution in [2.75, 3.05) is 0 Å². The number of carbonyl (C=O) groups excluding carboxylic acids is 2. The van der Waals surface area contributed by atoms with E-state index in [4.69, 9.17) is 9.15 Å². The van der Waals surface area contributed by atoms with Crippen molar-refractivity contribution in [2.45, 2.75) is 19.6 Å². The number of carbonyl (C=O) groups is 2. The fourth-order valence-corrected chi connectivity index (χ4v) is 2.97. The molecule has 2 heterocycles. The van der Waals surface area contributed by atoms with Gasteiger partial charge in [0.1, 0.15) is 10.8 Å². The SMILES string of the molecule is C[C@H](OC(=O)/C=C/c1nc2ccccc2s1)C(=O)NCc1ccco1. The number of thiazole rings is 1. The number of fused-ring (bicyclic) bond motifs is 1. The number of rotatable bonds is 6. The van der Waals surface area contributed by atoms with Crippen LogP contribution >= 0.6 is 11.3 Å². The zero-order valence-corrected chi connectivity index (χ0v) is 14.3. The Morgan fingerprint density at radius 2 is 2.16 bits per heavy atom. The van der Waals surface area contributed by atoms with Gasteiger partial charge in [0.15, 0.2) is 6.10 Å². The van der Waals surface area contributed by atoms with E-state index in [9.17, 15) is 9.59 Å². The summed E-state index contributed by atoms with van der Waals surface area (Å²) in [5.74, 6) is -0.361. The number of hydrogen-bond donors (Lipinski definition) is 1. The number of para-hydroxylation sites is 1. The van der Waals surface area contributed by atoms with Gasteiger partial charge in [-0.3, -0.25) is 4.79 Å². The highest BCUT2D eigenvalue weighted by Gasteiger charge is 2.16. The molecule has 0 aliphatic heterocycles. The maximum Gasteiger partial charge on any atom is 0.331 e. The van der Waals surface area contributed by atoms with Gasteiger partial charge in [0.2, 0.25) is 0 Å². The monoisotopic (exact) mass is 356 g/mol. The van der Waals surface area contributed by atoms with Crippen molar-refractivity contribution in [1.82, 2.24) is 10.3 Å². The molecular formula is C18H16N2O4S. The van der Waals surface area contributed by atoms with Gasteiger partial charge in [-0.1, -0.05) is 12.1 Å². The molecule has 0 aliphatic rings. The third kappa shape index (κ3) is 4.54. The molecule has 1 aromatic carbocycles. The summed E-state index contributed by atoms with van der Waals surface area (Å²) in [6.45, 7) is 1.76. The average molecular weight is 356 g/mol. The Morgan fingerprint density at radius 1 is 1.32 bits per heavy atom. The van der Waals surface area contributed by atoms with E-state index in [-0.39, 0.29) is 6.54 Å². The van der Waals surface area contributed by atoms with Crippen LogP contribution < -0.4 is 5.32 Å². The molecule has 1 N–H and O–H groups in total. The Morgan fingerprint density at radius 3 is 2.92 bits per heavy atom. The predicted octanol–water partition coefficient (Wildman–Crippen LogP) is 3.15. The minimum Gasteiger partial charge on any atom is -0.467 e. The van der Waals surface area contributed by atoms with Gasteiger partial charge in [0.05, 0.1) is 23.0 Å². The molecule has 3 rings (SSSR count). The molecule has 0 saturated carbocycles. The summed E-state index contributed by atoms with van der Waals surface area (Å²) in [5.41, 5.74) is 0.881.